The van der Waals surface area contributed by atoms with E-state index < -0.39 is 11.9 Å². The van der Waals surface area contributed by atoms with Crippen LogP contribution in [0.3, 0.4) is 0 Å². The molecule has 8 heteroatoms. The molecule has 0 aliphatic rings. The molecule has 20 heavy (non-hydrogen) atoms. The van der Waals surface area contributed by atoms with Crippen molar-refractivity contribution < 1.29 is 14.7 Å². The molecule has 0 aliphatic carbocycles. The minimum Gasteiger partial charge on any atom is -0.481 e. The highest BCUT2D eigenvalue weighted by Gasteiger charge is 2.24. The smallest absolute Gasteiger partial charge is 0.308 e. The van der Waals surface area contributed by atoms with E-state index in [9.17, 15) is 9.59 Å². The van der Waals surface area contributed by atoms with Gasteiger partial charge in [0.1, 0.15) is 6.33 Å². The van der Waals surface area contributed by atoms with E-state index in [0.717, 1.165) is 4.88 Å². The first-order valence-corrected chi connectivity index (χ1v) is 6.87. The molecular formula is C12H14N4O3S. The highest BCUT2D eigenvalue weighted by Crippen LogP contribution is 2.15. The SMILES string of the molecule is CC(CN(C(=O)Cc1cccs1)c1ncn[nH]1)C(=O)O. The first kappa shape index (κ1) is 14.2. The topological polar surface area (TPSA) is 99.2 Å². The zero-order chi connectivity index (χ0) is 14.5. The van der Waals surface area contributed by atoms with Crippen molar-refractivity contribution in [3.63, 3.8) is 0 Å². The van der Waals surface area contributed by atoms with Gasteiger partial charge in [0.25, 0.3) is 0 Å². The lowest BCUT2D eigenvalue weighted by molar-refractivity contribution is -0.140. The first-order chi connectivity index (χ1) is 9.58. The lowest BCUT2D eigenvalue weighted by Crippen LogP contribution is -2.38. The van der Waals surface area contributed by atoms with Crippen LogP contribution in [-0.2, 0) is 16.0 Å². The van der Waals surface area contributed by atoms with E-state index in [2.05, 4.69) is 15.2 Å². The molecule has 2 aromatic rings. The number of carboxylic acid groups (broad SMARTS) is 1. The number of amides is 1. The average Bonchev–Trinajstić information content (AvgIpc) is 3.07. The van der Waals surface area contributed by atoms with Crippen LogP contribution in [0, 0.1) is 5.92 Å². The standard InChI is InChI=1S/C12H14N4O3S/c1-8(11(18)19)6-16(12-13-7-14-15-12)10(17)5-9-3-2-4-20-9/h2-4,7-8H,5-6H2,1H3,(H,18,19)(H,13,14,15). The van der Waals surface area contributed by atoms with Gasteiger partial charge in [-0.15, -0.1) is 11.3 Å². The Morgan fingerprint density at radius 3 is 2.90 bits per heavy atom. The maximum absolute atomic E-state index is 12.3. The van der Waals surface area contributed by atoms with Gasteiger partial charge in [0.2, 0.25) is 11.9 Å². The van der Waals surface area contributed by atoms with Crippen molar-refractivity contribution >= 4 is 29.2 Å². The Morgan fingerprint density at radius 2 is 2.35 bits per heavy atom. The van der Waals surface area contributed by atoms with Crippen molar-refractivity contribution in [3.8, 4) is 0 Å². The van der Waals surface area contributed by atoms with Crippen LogP contribution in [0.4, 0.5) is 5.95 Å². The van der Waals surface area contributed by atoms with Crippen LogP contribution in [0.25, 0.3) is 0 Å². The number of anilines is 1. The summed E-state index contributed by atoms with van der Waals surface area (Å²) in [5.74, 6) is -1.59. The Hall–Kier alpha value is -2.22. The molecule has 2 N–H and O–H groups in total. The van der Waals surface area contributed by atoms with E-state index in [1.165, 1.54) is 22.6 Å². The molecule has 2 rings (SSSR count). The minimum absolute atomic E-state index is 0.0503. The van der Waals surface area contributed by atoms with Crippen molar-refractivity contribution in [2.45, 2.75) is 13.3 Å². The quantitative estimate of drug-likeness (QED) is 0.833. The summed E-state index contributed by atoms with van der Waals surface area (Å²) in [7, 11) is 0. The normalized spacial score (nSPS) is 12.1. The Balaban J connectivity index is 2.14. The van der Waals surface area contributed by atoms with E-state index in [4.69, 9.17) is 5.11 Å². The van der Waals surface area contributed by atoms with Crippen LogP contribution in [0.15, 0.2) is 23.8 Å². The van der Waals surface area contributed by atoms with Crippen LogP contribution in [-0.4, -0.2) is 38.7 Å². The van der Waals surface area contributed by atoms with E-state index >= 15 is 0 Å². The number of carboxylic acids is 1. The van der Waals surface area contributed by atoms with Gasteiger partial charge in [-0.05, 0) is 11.4 Å². The summed E-state index contributed by atoms with van der Waals surface area (Å²) in [6.07, 6.45) is 1.50. The Kier molecular flexibility index (Phi) is 4.46. The summed E-state index contributed by atoms with van der Waals surface area (Å²) in [5, 5.41) is 17.2. The third kappa shape index (κ3) is 3.41. The molecule has 0 fully saturated rings. The van der Waals surface area contributed by atoms with Gasteiger partial charge in [-0.2, -0.15) is 10.1 Å². The predicted molar refractivity (Wildman–Crippen MR) is 73.6 cm³/mol. The summed E-state index contributed by atoms with van der Waals surface area (Å²) >= 11 is 1.48. The number of aromatic nitrogens is 3. The summed E-state index contributed by atoms with van der Waals surface area (Å²) in [6, 6.07) is 3.73. The molecule has 0 saturated heterocycles. The molecule has 106 valence electrons. The maximum atomic E-state index is 12.3. The summed E-state index contributed by atoms with van der Waals surface area (Å²) in [6.45, 7) is 1.60. The second-order valence-corrected chi connectivity index (χ2v) is 5.34. The van der Waals surface area contributed by atoms with Crippen LogP contribution < -0.4 is 4.90 Å². The third-order valence-corrected chi connectivity index (χ3v) is 3.62. The van der Waals surface area contributed by atoms with Crippen molar-refractivity contribution in [3.05, 3.63) is 28.7 Å². The number of H-pyrrole nitrogens is 1. The van der Waals surface area contributed by atoms with Crippen LogP contribution in [0.5, 0.6) is 0 Å². The monoisotopic (exact) mass is 294 g/mol. The number of rotatable bonds is 6. The molecule has 0 aliphatic heterocycles. The van der Waals surface area contributed by atoms with Crippen molar-refractivity contribution in [2.75, 3.05) is 11.4 Å². The molecule has 0 bridgehead atoms. The summed E-state index contributed by atoms with van der Waals surface area (Å²) in [4.78, 5) is 29.5. The van der Waals surface area contributed by atoms with Gasteiger partial charge in [-0.1, -0.05) is 13.0 Å². The lowest BCUT2D eigenvalue weighted by atomic mass is 10.1. The highest BCUT2D eigenvalue weighted by atomic mass is 32.1. The minimum atomic E-state index is -0.960. The predicted octanol–water partition coefficient (Wildman–Crippen LogP) is 1.16. The van der Waals surface area contributed by atoms with Crippen LogP contribution in [0.1, 0.15) is 11.8 Å². The second kappa shape index (κ2) is 6.29. The van der Waals surface area contributed by atoms with Gasteiger partial charge in [-0.3, -0.25) is 14.5 Å². The second-order valence-electron chi connectivity index (χ2n) is 4.31. The molecule has 2 aromatic heterocycles. The van der Waals surface area contributed by atoms with Gasteiger partial charge >= 0.3 is 5.97 Å². The summed E-state index contributed by atoms with van der Waals surface area (Å²) in [5.41, 5.74) is 0. The van der Waals surface area contributed by atoms with Crippen LogP contribution >= 0.6 is 11.3 Å². The first-order valence-electron chi connectivity index (χ1n) is 5.99. The highest BCUT2D eigenvalue weighted by molar-refractivity contribution is 7.10. The largest absolute Gasteiger partial charge is 0.481 e. The van der Waals surface area contributed by atoms with E-state index in [1.807, 2.05) is 17.5 Å². The van der Waals surface area contributed by atoms with Crippen LogP contribution in [0.2, 0.25) is 0 Å². The Labute approximate surface area is 119 Å². The molecule has 0 saturated carbocycles. The fraction of sp³-hybridized carbons (Fsp3) is 0.333. The number of nitrogens with one attached hydrogen (secondary N) is 1. The van der Waals surface area contributed by atoms with Gasteiger partial charge in [0.05, 0.1) is 12.3 Å². The van der Waals surface area contributed by atoms with Gasteiger partial charge in [-0.25, -0.2) is 5.10 Å². The Morgan fingerprint density at radius 1 is 1.55 bits per heavy atom. The third-order valence-electron chi connectivity index (χ3n) is 2.74. The number of aromatic amines is 1. The Bertz CT molecular complexity index is 568. The number of hydrogen-bond donors (Lipinski definition) is 2. The molecule has 1 atom stereocenters. The van der Waals surface area contributed by atoms with Crippen molar-refractivity contribution in [1.82, 2.24) is 15.2 Å². The molecule has 0 radical (unpaired) electrons. The van der Waals surface area contributed by atoms with Crippen molar-refractivity contribution in [1.29, 1.82) is 0 Å². The molecule has 1 amide bonds. The van der Waals surface area contributed by atoms with Gasteiger partial charge < -0.3 is 5.11 Å². The average molecular weight is 294 g/mol. The zero-order valence-corrected chi connectivity index (χ0v) is 11.6. The molecule has 0 aromatic carbocycles. The molecule has 0 spiro atoms. The number of nitrogens with zero attached hydrogens (tertiary/aromatic N) is 3. The number of carbonyl (C=O) groups is 2. The number of carbonyl (C=O) groups excluding carboxylic acids is 1. The lowest BCUT2D eigenvalue weighted by Gasteiger charge is -2.21. The molecular weight excluding hydrogens is 280 g/mol. The fourth-order valence-electron chi connectivity index (χ4n) is 1.65. The maximum Gasteiger partial charge on any atom is 0.308 e. The summed E-state index contributed by atoms with van der Waals surface area (Å²) < 4.78 is 0. The molecule has 2 heterocycles. The van der Waals surface area contributed by atoms with E-state index in [0.29, 0.717) is 0 Å². The fourth-order valence-corrected chi connectivity index (χ4v) is 2.34. The zero-order valence-electron chi connectivity index (χ0n) is 10.8. The van der Waals surface area contributed by atoms with E-state index in [-0.39, 0.29) is 24.8 Å². The molecule has 1 unspecified atom stereocenters. The van der Waals surface area contributed by atoms with Crippen molar-refractivity contribution in [2.24, 2.45) is 5.92 Å². The van der Waals surface area contributed by atoms with E-state index in [1.54, 1.807) is 6.92 Å². The van der Waals surface area contributed by atoms with Gasteiger partial charge in [0, 0.05) is 11.4 Å². The number of thiophene rings is 1. The number of hydrogen-bond acceptors (Lipinski definition) is 5. The molecule has 7 nitrogen and oxygen atoms in total. The number of aliphatic carboxylic acids is 1. The van der Waals surface area contributed by atoms with Gasteiger partial charge in [0.15, 0.2) is 0 Å².